The number of nitrogens with zero attached hydrogens (tertiary/aromatic N) is 1. The SMILES string of the molecule is CC1CCC(NS(=O)(=O)CC(=O)N(C)CCC(=O)O)CC1. The molecule has 7 nitrogen and oxygen atoms in total. The number of hydrogen-bond donors (Lipinski definition) is 2. The number of carboxylic acid groups (broad SMARTS) is 1. The zero-order valence-electron chi connectivity index (χ0n) is 12.5. The summed E-state index contributed by atoms with van der Waals surface area (Å²) < 4.78 is 26.5. The van der Waals surface area contributed by atoms with Gasteiger partial charge in [-0.15, -0.1) is 0 Å². The smallest absolute Gasteiger partial charge is 0.305 e. The van der Waals surface area contributed by atoms with Gasteiger partial charge >= 0.3 is 5.97 Å². The first-order valence-corrected chi connectivity index (χ1v) is 8.80. The van der Waals surface area contributed by atoms with Crippen molar-refractivity contribution in [3.8, 4) is 0 Å². The molecule has 1 aliphatic carbocycles. The molecule has 0 atom stereocenters. The summed E-state index contributed by atoms with van der Waals surface area (Å²) in [5.74, 6) is -1.62. The summed E-state index contributed by atoms with van der Waals surface area (Å²) in [6.07, 6.45) is 3.36. The fourth-order valence-electron chi connectivity index (χ4n) is 2.33. The second kappa shape index (κ2) is 7.74. The lowest BCUT2D eigenvalue weighted by Crippen LogP contribution is -2.43. The highest BCUT2D eigenvalue weighted by Gasteiger charge is 2.25. The highest BCUT2D eigenvalue weighted by atomic mass is 32.2. The molecule has 21 heavy (non-hydrogen) atoms. The van der Waals surface area contributed by atoms with Crippen molar-refractivity contribution in [1.82, 2.24) is 9.62 Å². The predicted molar refractivity (Wildman–Crippen MR) is 78.2 cm³/mol. The summed E-state index contributed by atoms with van der Waals surface area (Å²) >= 11 is 0. The quantitative estimate of drug-likeness (QED) is 0.707. The number of aliphatic carboxylic acids is 1. The van der Waals surface area contributed by atoms with E-state index < -0.39 is 27.7 Å². The molecular formula is C13H24N2O5S. The summed E-state index contributed by atoms with van der Waals surface area (Å²) in [4.78, 5) is 23.3. The van der Waals surface area contributed by atoms with Crippen LogP contribution >= 0.6 is 0 Å². The van der Waals surface area contributed by atoms with Crippen molar-refractivity contribution in [1.29, 1.82) is 0 Å². The van der Waals surface area contributed by atoms with Crippen LogP contribution in [0.2, 0.25) is 0 Å². The number of carbonyl (C=O) groups excluding carboxylic acids is 1. The van der Waals surface area contributed by atoms with Gasteiger partial charge in [0, 0.05) is 19.6 Å². The molecule has 0 spiro atoms. The molecule has 8 heteroatoms. The summed E-state index contributed by atoms with van der Waals surface area (Å²) in [6.45, 7) is 2.15. The third-order valence-corrected chi connectivity index (χ3v) is 5.08. The number of carboxylic acids is 1. The van der Waals surface area contributed by atoms with Gasteiger partial charge in [-0.3, -0.25) is 9.59 Å². The van der Waals surface area contributed by atoms with E-state index in [0.29, 0.717) is 5.92 Å². The predicted octanol–water partition coefficient (Wildman–Crippen LogP) is 0.418. The van der Waals surface area contributed by atoms with Crippen LogP contribution in [0.4, 0.5) is 0 Å². The molecule has 0 aromatic carbocycles. The Labute approximate surface area is 125 Å². The molecule has 1 fully saturated rings. The first-order valence-electron chi connectivity index (χ1n) is 7.15. The van der Waals surface area contributed by atoms with Gasteiger partial charge in [-0.25, -0.2) is 13.1 Å². The van der Waals surface area contributed by atoms with Crippen molar-refractivity contribution in [3.05, 3.63) is 0 Å². The molecule has 0 bridgehead atoms. The Bertz CT molecular complexity index is 469. The zero-order chi connectivity index (χ0) is 16.0. The molecule has 1 amide bonds. The summed E-state index contributed by atoms with van der Waals surface area (Å²) in [5, 5.41) is 8.55. The van der Waals surface area contributed by atoms with E-state index in [1.165, 1.54) is 7.05 Å². The lowest BCUT2D eigenvalue weighted by atomic mass is 9.88. The van der Waals surface area contributed by atoms with Gasteiger partial charge in [0.1, 0.15) is 5.75 Å². The number of amides is 1. The molecule has 0 aromatic heterocycles. The molecule has 1 saturated carbocycles. The van der Waals surface area contributed by atoms with Crippen molar-refractivity contribution in [2.45, 2.75) is 45.1 Å². The Morgan fingerprint density at radius 1 is 1.24 bits per heavy atom. The van der Waals surface area contributed by atoms with E-state index >= 15 is 0 Å². The molecule has 1 aliphatic rings. The van der Waals surface area contributed by atoms with Crippen molar-refractivity contribution < 1.29 is 23.1 Å². The Kier molecular flexibility index (Phi) is 6.60. The van der Waals surface area contributed by atoms with Crippen LogP contribution in [-0.4, -0.2) is 55.7 Å². The van der Waals surface area contributed by atoms with E-state index in [2.05, 4.69) is 11.6 Å². The lowest BCUT2D eigenvalue weighted by molar-refractivity contribution is -0.137. The van der Waals surface area contributed by atoms with Crippen LogP contribution in [0, 0.1) is 5.92 Å². The third kappa shape index (κ3) is 6.90. The number of rotatable bonds is 7. The number of carbonyl (C=O) groups is 2. The van der Waals surface area contributed by atoms with Crippen molar-refractivity contribution in [2.24, 2.45) is 5.92 Å². The van der Waals surface area contributed by atoms with Crippen LogP contribution in [0.5, 0.6) is 0 Å². The molecule has 0 radical (unpaired) electrons. The van der Waals surface area contributed by atoms with Gasteiger partial charge in [-0.2, -0.15) is 0 Å². The summed E-state index contributed by atoms with van der Waals surface area (Å²) in [6, 6.07) is -0.0941. The Morgan fingerprint density at radius 2 is 1.81 bits per heavy atom. The van der Waals surface area contributed by atoms with Crippen molar-refractivity contribution in [2.75, 3.05) is 19.3 Å². The van der Waals surface area contributed by atoms with Gasteiger partial charge in [-0.05, 0) is 31.6 Å². The second-order valence-electron chi connectivity index (χ2n) is 5.79. The molecule has 122 valence electrons. The Hall–Kier alpha value is -1.15. The first-order chi connectivity index (χ1) is 9.69. The van der Waals surface area contributed by atoms with E-state index in [-0.39, 0.29) is 19.0 Å². The van der Waals surface area contributed by atoms with E-state index in [1.54, 1.807) is 0 Å². The largest absolute Gasteiger partial charge is 0.481 e. The van der Waals surface area contributed by atoms with Crippen LogP contribution in [0.1, 0.15) is 39.0 Å². The molecule has 0 unspecified atom stereocenters. The molecule has 0 saturated heterocycles. The van der Waals surface area contributed by atoms with E-state index in [0.717, 1.165) is 30.6 Å². The standard InChI is InChI=1S/C13H24N2O5S/c1-10-3-5-11(6-4-10)14-21(19,20)9-12(16)15(2)8-7-13(17)18/h10-11,14H,3-9H2,1-2H3,(H,17,18). The summed E-state index contributed by atoms with van der Waals surface area (Å²) in [7, 11) is -2.26. The van der Waals surface area contributed by atoms with Gasteiger partial charge in [0.2, 0.25) is 15.9 Å². The number of nitrogens with one attached hydrogen (secondary N) is 1. The van der Waals surface area contributed by atoms with Crippen molar-refractivity contribution >= 4 is 21.9 Å². The van der Waals surface area contributed by atoms with E-state index in [4.69, 9.17) is 5.11 Å². The molecule has 1 rings (SSSR count). The zero-order valence-corrected chi connectivity index (χ0v) is 13.4. The Balaban J connectivity index is 2.44. The maximum atomic E-state index is 12.0. The fourth-order valence-corrected chi connectivity index (χ4v) is 3.71. The monoisotopic (exact) mass is 320 g/mol. The first kappa shape index (κ1) is 17.9. The summed E-state index contributed by atoms with van der Waals surface area (Å²) in [5.41, 5.74) is 0. The average Bonchev–Trinajstić information content (AvgIpc) is 2.37. The van der Waals surface area contributed by atoms with Crippen LogP contribution in [-0.2, 0) is 19.6 Å². The lowest BCUT2D eigenvalue weighted by Gasteiger charge is -2.27. The van der Waals surface area contributed by atoms with Gasteiger partial charge < -0.3 is 10.0 Å². The normalized spacial score (nSPS) is 22.8. The molecule has 0 heterocycles. The van der Waals surface area contributed by atoms with E-state index in [9.17, 15) is 18.0 Å². The second-order valence-corrected chi connectivity index (χ2v) is 7.55. The average molecular weight is 320 g/mol. The van der Waals surface area contributed by atoms with Crippen LogP contribution < -0.4 is 4.72 Å². The van der Waals surface area contributed by atoms with E-state index in [1.807, 2.05) is 0 Å². The maximum absolute atomic E-state index is 12.0. The van der Waals surface area contributed by atoms with Crippen molar-refractivity contribution in [3.63, 3.8) is 0 Å². The molecule has 0 aromatic rings. The third-order valence-electron chi connectivity index (χ3n) is 3.76. The highest BCUT2D eigenvalue weighted by molar-refractivity contribution is 7.90. The topological polar surface area (TPSA) is 104 Å². The molecular weight excluding hydrogens is 296 g/mol. The minimum atomic E-state index is -3.67. The highest BCUT2D eigenvalue weighted by Crippen LogP contribution is 2.23. The molecule has 2 N–H and O–H groups in total. The number of hydrogen-bond acceptors (Lipinski definition) is 4. The Morgan fingerprint density at radius 3 is 2.33 bits per heavy atom. The van der Waals surface area contributed by atoms with Gasteiger partial charge in [0.15, 0.2) is 0 Å². The minimum Gasteiger partial charge on any atom is -0.481 e. The van der Waals surface area contributed by atoms with Gasteiger partial charge in [-0.1, -0.05) is 6.92 Å². The molecule has 0 aliphatic heterocycles. The van der Waals surface area contributed by atoms with Crippen LogP contribution in [0.15, 0.2) is 0 Å². The van der Waals surface area contributed by atoms with Gasteiger partial charge in [0.05, 0.1) is 6.42 Å². The number of sulfonamides is 1. The fraction of sp³-hybridized carbons (Fsp3) is 0.846. The minimum absolute atomic E-state index is 0.00459. The maximum Gasteiger partial charge on any atom is 0.305 e. The van der Waals surface area contributed by atoms with Crippen LogP contribution in [0.25, 0.3) is 0 Å². The van der Waals surface area contributed by atoms with Gasteiger partial charge in [0.25, 0.3) is 0 Å². The van der Waals surface area contributed by atoms with Crippen LogP contribution in [0.3, 0.4) is 0 Å².